The van der Waals surface area contributed by atoms with E-state index in [1.807, 2.05) is 6.92 Å². The van der Waals surface area contributed by atoms with Crippen LogP contribution in [0.4, 0.5) is 0 Å². The van der Waals surface area contributed by atoms with Crippen molar-refractivity contribution in [3.8, 4) is 0 Å². The summed E-state index contributed by atoms with van der Waals surface area (Å²) in [6.45, 7) is 6.83. The van der Waals surface area contributed by atoms with Crippen LogP contribution in [0.25, 0.3) is 0 Å². The number of aromatic carboxylic acids is 1. The average Bonchev–Trinajstić information content (AvgIpc) is 2.93. The molecule has 1 aliphatic rings. The van der Waals surface area contributed by atoms with Crippen molar-refractivity contribution < 1.29 is 14.7 Å². The Bertz CT molecular complexity index is 516. The maximum absolute atomic E-state index is 12.1. The fourth-order valence-corrected chi connectivity index (χ4v) is 2.44. The van der Waals surface area contributed by atoms with Gasteiger partial charge in [0, 0.05) is 12.1 Å². The van der Waals surface area contributed by atoms with Crippen LogP contribution in [-0.2, 0) is 0 Å². The van der Waals surface area contributed by atoms with Crippen molar-refractivity contribution in [2.24, 2.45) is 17.8 Å². The molecule has 0 aliphatic heterocycles. The Balaban J connectivity index is 2.06. The van der Waals surface area contributed by atoms with Gasteiger partial charge < -0.3 is 10.4 Å². The van der Waals surface area contributed by atoms with Crippen LogP contribution in [0.15, 0.2) is 18.2 Å². The Morgan fingerprint density at radius 1 is 1.26 bits per heavy atom. The van der Waals surface area contributed by atoms with Crippen molar-refractivity contribution in [3.63, 3.8) is 0 Å². The van der Waals surface area contributed by atoms with Gasteiger partial charge in [-0.25, -0.2) is 4.79 Å². The highest BCUT2D eigenvalue weighted by atomic mass is 16.4. The standard InChI is InChI=1S/C15H19NO3/c1-8-4-5-11(15(18)19)6-12(8)14(17)16-7-13-9(2)10(13)3/h4-6,9-10,13H,7H2,1-3H3,(H,16,17)(H,18,19)/t9-,10-/m1/s1. The minimum atomic E-state index is -1.02. The van der Waals surface area contributed by atoms with Crippen LogP contribution >= 0.6 is 0 Å². The number of rotatable bonds is 4. The highest BCUT2D eigenvalue weighted by Gasteiger charge is 2.42. The number of carbonyl (C=O) groups excluding carboxylic acids is 1. The van der Waals surface area contributed by atoms with E-state index in [0.29, 0.717) is 29.9 Å². The smallest absolute Gasteiger partial charge is 0.335 e. The zero-order chi connectivity index (χ0) is 14.2. The zero-order valence-electron chi connectivity index (χ0n) is 11.4. The molecule has 1 aromatic rings. The number of hydrogen-bond acceptors (Lipinski definition) is 2. The molecular weight excluding hydrogens is 242 g/mol. The van der Waals surface area contributed by atoms with Gasteiger partial charge in [0.1, 0.15) is 0 Å². The van der Waals surface area contributed by atoms with E-state index in [1.165, 1.54) is 12.1 Å². The Morgan fingerprint density at radius 2 is 1.89 bits per heavy atom. The Morgan fingerprint density at radius 3 is 2.42 bits per heavy atom. The third-order valence-electron chi connectivity index (χ3n) is 4.27. The molecule has 2 rings (SSSR count). The molecule has 4 heteroatoms. The van der Waals surface area contributed by atoms with Crippen LogP contribution < -0.4 is 5.32 Å². The quantitative estimate of drug-likeness (QED) is 0.874. The molecule has 0 radical (unpaired) electrons. The summed E-state index contributed by atoms with van der Waals surface area (Å²) >= 11 is 0. The maximum Gasteiger partial charge on any atom is 0.335 e. The highest BCUT2D eigenvalue weighted by Crippen LogP contribution is 2.44. The van der Waals surface area contributed by atoms with Crippen LogP contribution in [0.5, 0.6) is 0 Å². The van der Waals surface area contributed by atoms with Crippen molar-refractivity contribution in [3.05, 3.63) is 34.9 Å². The molecule has 1 fully saturated rings. The molecule has 0 bridgehead atoms. The molecule has 102 valence electrons. The first-order valence-electron chi connectivity index (χ1n) is 6.54. The molecule has 0 aromatic heterocycles. The second kappa shape index (κ2) is 5.03. The van der Waals surface area contributed by atoms with Crippen molar-refractivity contribution in [1.82, 2.24) is 5.32 Å². The SMILES string of the molecule is Cc1ccc(C(=O)O)cc1C(=O)NCC1[C@H](C)[C@H]1C. The van der Waals surface area contributed by atoms with Gasteiger partial charge in [0.15, 0.2) is 0 Å². The minimum absolute atomic E-state index is 0.143. The van der Waals surface area contributed by atoms with E-state index in [2.05, 4.69) is 19.2 Å². The molecule has 0 unspecified atom stereocenters. The van der Waals surface area contributed by atoms with Crippen LogP contribution in [0, 0.1) is 24.7 Å². The number of amides is 1. The zero-order valence-corrected chi connectivity index (χ0v) is 11.4. The lowest BCUT2D eigenvalue weighted by molar-refractivity contribution is 0.0697. The molecule has 1 amide bonds. The molecule has 2 atom stereocenters. The molecular formula is C15H19NO3. The summed E-state index contributed by atoms with van der Waals surface area (Å²) in [6, 6.07) is 4.62. The van der Waals surface area contributed by atoms with Crippen molar-refractivity contribution >= 4 is 11.9 Å². The average molecular weight is 261 g/mol. The molecule has 0 spiro atoms. The van der Waals surface area contributed by atoms with E-state index in [4.69, 9.17) is 5.11 Å². The van der Waals surface area contributed by atoms with Gasteiger partial charge in [0.05, 0.1) is 5.56 Å². The molecule has 2 N–H and O–H groups in total. The predicted molar refractivity (Wildman–Crippen MR) is 72.3 cm³/mol. The lowest BCUT2D eigenvalue weighted by atomic mass is 10.0. The predicted octanol–water partition coefficient (Wildman–Crippen LogP) is 2.33. The van der Waals surface area contributed by atoms with E-state index >= 15 is 0 Å². The Kier molecular flexibility index (Phi) is 3.60. The van der Waals surface area contributed by atoms with Gasteiger partial charge in [-0.15, -0.1) is 0 Å². The topological polar surface area (TPSA) is 66.4 Å². The second-order valence-corrected chi connectivity index (χ2v) is 5.43. The summed E-state index contributed by atoms with van der Waals surface area (Å²) in [6.07, 6.45) is 0. The summed E-state index contributed by atoms with van der Waals surface area (Å²) in [5.41, 5.74) is 1.38. The number of carbonyl (C=O) groups is 2. The van der Waals surface area contributed by atoms with E-state index in [1.54, 1.807) is 6.07 Å². The van der Waals surface area contributed by atoms with E-state index in [0.717, 1.165) is 5.56 Å². The van der Waals surface area contributed by atoms with Crippen LogP contribution in [0.1, 0.15) is 40.1 Å². The van der Waals surface area contributed by atoms with Gasteiger partial charge >= 0.3 is 5.97 Å². The van der Waals surface area contributed by atoms with E-state index < -0.39 is 5.97 Å². The highest BCUT2D eigenvalue weighted by molar-refractivity contribution is 5.98. The van der Waals surface area contributed by atoms with Crippen LogP contribution in [0.3, 0.4) is 0 Å². The fraction of sp³-hybridized carbons (Fsp3) is 0.467. The van der Waals surface area contributed by atoms with Gasteiger partial charge in [-0.3, -0.25) is 4.79 Å². The van der Waals surface area contributed by atoms with Crippen LogP contribution in [0.2, 0.25) is 0 Å². The van der Waals surface area contributed by atoms with Crippen molar-refractivity contribution in [2.45, 2.75) is 20.8 Å². The van der Waals surface area contributed by atoms with Gasteiger partial charge in [-0.2, -0.15) is 0 Å². The maximum atomic E-state index is 12.1. The number of carboxylic acid groups (broad SMARTS) is 1. The Labute approximate surface area is 112 Å². The van der Waals surface area contributed by atoms with Crippen molar-refractivity contribution in [1.29, 1.82) is 0 Å². The monoisotopic (exact) mass is 261 g/mol. The molecule has 1 aromatic carbocycles. The summed E-state index contributed by atoms with van der Waals surface area (Å²) < 4.78 is 0. The number of aryl methyl sites for hydroxylation is 1. The number of nitrogens with one attached hydrogen (secondary N) is 1. The molecule has 19 heavy (non-hydrogen) atoms. The van der Waals surface area contributed by atoms with Gasteiger partial charge in [0.2, 0.25) is 0 Å². The molecule has 1 aliphatic carbocycles. The minimum Gasteiger partial charge on any atom is -0.478 e. The van der Waals surface area contributed by atoms with Gasteiger partial charge in [-0.1, -0.05) is 19.9 Å². The third-order valence-corrected chi connectivity index (χ3v) is 4.27. The fourth-order valence-electron chi connectivity index (χ4n) is 2.44. The Hall–Kier alpha value is -1.84. The summed E-state index contributed by atoms with van der Waals surface area (Å²) in [4.78, 5) is 23.0. The molecule has 0 heterocycles. The number of benzene rings is 1. The van der Waals surface area contributed by atoms with Crippen molar-refractivity contribution in [2.75, 3.05) is 6.54 Å². The first-order valence-corrected chi connectivity index (χ1v) is 6.54. The first-order chi connectivity index (χ1) is 8.91. The first kappa shape index (κ1) is 13.6. The van der Waals surface area contributed by atoms with Gasteiger partial charge in [-0.05, 0) is 42.4 Å². The molecule has 4 nitrogen and oxygen atoms in total. The van der Waals surface area contributed by atoms with Crippen LogP contribution in [-0.4, -0.2) is 23.5 Å². The number of carboxylic acids is 1. The second-order valence-electron chi connectivity index (χ2n) is 5.43. The normalized spacial score (nSPS) is 24.9. The molecule has 0 saturated heterocycles. The lowest BCUT2D eigenvalue weighted by Crippen LogP contribution is -2.27. The summed E-state index contributed by atoms with van der Waals surface area (Å²) in [5, 5.41) is 11.8. The number of hydrogen-bond donors (Lipinski definition) is 2. The summed E-state index contributed by atoms with van der Waals surface area (Å²) in [7, 11) is 0. The van der Waals surface area contributed by atoms with E-state index in [-0.39, 0.29) is 11.5 Å². The van der Waals surface area contributed by atoms with Gasteiger partial charge in [0.25, 0.3) is 5.91 Å². The third kappa shape index (κ3) is 2.78. The van der Waals surface area contributed by atoms with E-state index in [9.17, 15) is 9.59 Å². The summed E-state index contributed by atoms with van der Waals surface area (Å²) in [5.74, 6) is 0.663. The largest absolute Gasteiger partial charge is 0.478 e. The lowest BCUT2D eigenvalue weighted by Gasteiger charge is -2.08. The molecule has 1 saturated carbocycles.